The molecule has 3 aromatic carbocycles. The van der Waals surface area contributed by atoms with Crippen LogP contribution < -0.4 is 15.5 Å². The lowest BCUT2D eigenvalue weighted by Gasteiger charge is -2.36. The van der Waals surface area contributed by atoms with E-state index in [1.54, 1.807) is 24.4 Å². The molecule has 1 atom stereocenters. The Balaban J connectivity index is 1.35. The zero-order valence-corrected chi connectivity index (χ0v) is 21.8. The molecule has 4 aromatic rings. The zero-order valence-electron chi connectivity index (χ0n) is 21.8. The molecule has 1 saturated heterocycles. The molecule has 200 valence electrons. The molecular formula is C30H31FN6O2. The summed E-state index contributed by atoms with van der Waals surface area (Å²) in [5.74, 6) is -0.635. The van der Waals surface area contributed by atoms with Crippen molar-refractivity contribution in [2.24, 2.45) is 0 Å². The largest absolute Gasteiger partial charge is 0.392 e. The van der Waals surface area contributed by atoms with Crippen molar-refractivity contribution >= 4 is 39.8 Å². The summed E-state index contributed by atoms with van der Waals surface area (Å²) in [4.78, 5) is 25.5. The number of nitrogens with zero attached hydrogens (tertiary/aromatic N) is 4. The highest BCUT2D eigenvalue weighted by molar-refractivity contribution is 6.00. The van der Waals surface area contributed by atoms with Crippen LogP contribution in [0.25, 0.3) is 22.0 Å². The van der Waals surface area contributed by atoms with Crippen LogP contribution in [0.2, 0.25) is 0 Å². The molecule has 1 amide bonds. The summed E-state index contributed by atoms with van der Waals surface area (Å²) in [5, 5.41) is 16.2. The summed E-state index contributed by atoms with van der Waals surface area (Å²) in [7, 11) is 0. The molecule has 0 aliphatic carbocycles. The van der Waals surface area contributed by atoms with Gasteiger partial charge in [0.25, 0.3) is 0 Å². The monoisotopic (exact) mass is 526 g/mol. The average molecular weight is 527 g/mol. The number of fused-ring (bicyclic) bond motifs is 1. The number of benzene rings is 3. The number of aliphatic hydroxyl groups is 1. The van der Waals surface area contributed by atoms with Crippen LogP contribution in [-0.4, -0.2) is 64.7 Å². The summed E-state index contributed by atoms with van der Waals surface area (Å²) >= 11 is 0. The summed E-state index contributed by atoms with van der Waals surface area (Å²) in [6, 6.07) is 18.5. The number of carbonyl (C=O) groups excluding carboxylic acids is 1. The second-order valence-corrected chi connectivity index (χ2v) is 9.61. The van der Waals surface area contributed by atoms with E-state index in [0.717, 1.165) is 49.0 Å². The van der Waals surface area contributed by atoms with E-state index in [-0.39, 0.29) is 11.8 Å². The molecule has 39 heavy (non-hydrogen) atoms. The van der Waals surface area contributed by atoms with E-state index in [9.17, 15) is 9.90 Å². The first-order valence-corrected chi connectivity index (χ1v) is 12.9. The molecule has 0 radical (unpaired) electrons. The molecule has 0 spiro atoms. The number of aromatic nitrogens is 2. The minimum atomic E-state index is -0.546. The lowest BCUT2D eigenvalue weighted by molar-refractivity contribution is -0.111. The fourth-order valence-electron chi connectivity index (χ4n) is 4.80. The smallest absolute Gasteiger partial charge is 0.247 e. The Hall–Kier alpha value is -4.34. The van der Waals surface area contributed by atoms with E-state index >= 15 is 4.39 Å². The second kappa shape index (κ2) is 11.6. The maximum absolute atomic E-state index is 15.4. The predicted octanol–water partition coefficient (Wildman–Crippen LogP) is 4.81. The quantitative estimate of drug-likeness (QED) is 0.284. The van der Waals surface area contributed by atoms with E-state index in [4.69, 9.17) is 4.98 Å². The number of amides is 1. The number of carbonyl (C=O) groups is 1. The summed E-state index contributed by atoms with van der Waals surface area (Å²) in [6.07, 6.45) is 2.49. The maximum Gasteiger partial charge on any atom is 0.247 e. The lowest BCUT2D eigenvalue weighted by atomic mass is 10.0. The van der Waals surface area contributed by atoms with Gasteiger partial charge in [0.1, 0.15) is 0 Å². The Bertz CT molecular complexity index is 1480. The number of piperazine rings is 1. The standard InChI is InChI=1S/C30H31FN6O2/c1-3-27(39)34-26-9-5-7-24(28(26)31)25-8-4-6-21-18-32-30(35-29(21)25)33-22-10-12-23(13-11-22)37-16-14-36(15-17-37)19-20(2)38/h3-13,18,20,38H,1,14-17,19H2,2H3,(H,34,39)(H,32,33,35). The van der Waals surface area contributed by atoms with Crippen molar-refractivity contribution in [3.05, 3.63) is 85.3 Å². The minimum absolute atomic E-state index is 0.0752. The maximum atomic E-state index is 15.4. The fraction of sp³-hybridized carbons (Fsp3) is 0.233. The Morgan fingerprint density at radius 3 is 2.51 bits per heavy atom. The molecular weight excluding hydrogens is 495 g/mol. The van der Waals surface area contributed by atoms with Gasteiger partial charge in [-0.1, -0.05) is 36.9 Å². The Morgan fingerprint density at radius 2 is 1.79 bits per heavy atom. The van der Waals surface area contributed by atoms with Gasteiger partial charge in [-0.05, 0) is 43.3 Å². The Morgan fingerprint density at radius 1 is 1.08 bits per heavy atom. The highest BCUT2D eigenvalue weighted by Crippen LogP contribution is 2.33. The molecule has 9 heteroatoms. The van der Waals surface area contributed by atoms with Crippen LogP contribution in [0.1, 0.15) is 6.92 Å². The van der Waals surface area contributed by atoms with Gasteiger partial charge < -0.3 is 20.6 Å². The Labute approximate surface area is 226 Å². The molecule has 1 fully saturated rings. The van der Waals surface area contributed by atoms with Gasteiger partial charge in [-0.3, -0.25) is 9.69 Å². The normalized spacial score (nSPS) is 14.7. The van der Waals surface area contributed by atoms with Gasteiger partial charge >= 0.3 is 0 Å². The molecule has 1 aliphatic heterocycles. The third-order valence-electron chi connectivity index (χ3n) is 6.73. The lowest BCUT2D eigenvalue weighted by Crippen LogP contribution is -2.48. The van der Waals surface area contributed by atoms with E-state index in [1.807, 2.05) is 31.2 Å². The molecule has 3 N–H and O–H groups in total. The number of rotatable bonds is 8. The number of halogens is 1. The van der Waals surface area contributed by atoms with Crippen LogP contribution in [-0.2, 0) is 4.79 Å². The van der Waals surface area contributed by atoms with Crippen LogP contribution in [0, 0.1) is 5.82 Å². The van der Waals surface area contributed by atoms with Crippen LogP contribution in [0.15, 0.2) is 79.5 Å². The second-order valence-electron chi connectivity index (χ2n) is 9.61. The number of hydrogen-bond acceptors (Lipinski definition) is 7. The van der Waals surface area contributed by atoms with Crippen molar-refractivity contribution in [2.45, 2.75) is 13.0 Å². The van der Waals surface area contributed by atoms with E-state index in [1.165, 1.54) is 6.07 Å². The number of aliphatic hydroxyl groups excluding tert-OH is 1. The molecule has 1 aromatic heterocycles. The number of anilines is 4. The Kier molecular flexibility index (Phi) is 7.81. The molecule has 5 rings (SSSR count). The van der Waals surface area contributed by atoms with Crippen molar-refractivity contribution in [2.75, 3.05) is 48.3 Å². The molecule has 8 nitrogen and oxygen atoms in total. The average Bonchev–Trinajstić information content (AvgIpc) is 2.94. The van der Waals surface area contributed by atoms with Crippen LogP contribution in [0.3, 0.4) is 0 Å². The van der Waals surface area contributed by atoms with Gasteiger partial charge in [0.05, 0.1) is 17.3 Å². The van der Waals surface area contributed by atoms with Gasteiger partial charge in [-0.2, -0.15) is 0 Å². The fourth-order valence-corrected chi connectivity index (χ4v) is 4.80. The first-order chi connectivity index (χ1) is 18.9. The van der Waals surface area contributed by atoms with E-state index in [2.05, 4.69) is 44.1 Å². The summed E-state index contributed by atoms with van der Waals surface area (Å²) in [5.41, 5.74) is 3.56. The van der Waals surface area contributed by atoms with Crippen LogP contribution >= 0.6 is 0 Å². The third-order valence-corrected chi connectivity index (χ3v) is 6.73. The van der Waals surface area contributed by atoms with Crippen molar-refractivity contribution in [3.63, 3.8) is 0 Å². The number of nitrogens with one attached hydrogen (secondary N) is 2. The first kappa shape index (κ1) is 26.3. The highest BCUT2D eigenvalue weighted by atomic mass is 19.1. The van der Waals surface area contributed by atoms with Gasteiger partial charge in [-0.25, -0.2) is 14.4 Å². The summed E-state index contributed by atoms with van der Waals surface area (Å²) < 4.78 is 15.4. The first-order valence-electron chi connectivity index (χ1n) is 12.9. The molecule has 0 saturated carbocycles. The highest BCUT2D eigenvalue weighted by Gasteiger charge is 2.18. The third kappa shape index (κ3) is 6.05. The van der Waals surface area contributed by atoms with Gasteiger partial charge in [0.2, 0.25) is 11.9 Å². The summed E-state index contributed by atoms with van der Waals surface area (Å²) in [6.45, 7) is 9.60. The van der Waals surface area contributed by atoms with E-state index < -0.39 is 11.7 Å². The van der Waals surface area contributed by atoms with Crippen molar-refractivity contribution in [1.82, 2.24) is 14.9 Å². The number of para-hydroxylation sites is 1. The van der Waals surface area contributed by atoms with Crippen molar-refractivity contribution < 1.29 is 14.3 Å². The number of hydrogen-bond donors (Lipinski definition) is 3. The SMILES string of the molecule is C=CC(=O)Nc1cccc(-c2cccc3cnc(Nc4ccc(N5CCN(CC(C)O)CC5)cc4)nc23)c1F. The van der Waals surface area contributed by atoms with Crippen molar-refractivity contribution in [3.8, 4) is 11.1 Å². The van der Waals surface area contributed by atoms with Gasteiger partial charge in [0, 0.05) is 66.8 Å². The van der Waals surface area contributed by atoms with E-state index in [0.29, 0.717) is 29.1 Å². The molecule has 1 unspecified atom stereocenters. The zero-order chi connectivity index (χ0) is 27.4. The number of β-amino-alcohol motifs (C(OH)–C–C–N with tert-alkyl or cyclic N) is 1. The topological polar surface area (TPSA) is 93.6 Å². The van der Waals surface area contributed by atoms with Crippen LogP contribution in [0.5, 0.6) is 0 Å². The molecule has 0 bridgehead atoms. The van der Waals surface area contributed by atoms with Crippen molar-refractivity contribution in [1.29, 1.82) is 0 Å². The van der Waals surface area contributed by atoms with Crippen LogP contribution in [0.4, 0.5) is 27.4 Å². The minimum Gasteiger partial charge on any atom is -0.392 e. The van der Waals surface area contributed by atoms with Gasteiger partial charge in [0.15, 0.2) is 5.82 Å². The molecule has 2 heterocycles. The van der Waals surface area contributed by atoms with Gasteiger partial charge in [-0.15, -0.1) is 0 Å². The molecule has 1 aliphatic rings. The predicted molar refractivity (Wildman–Crippen MR) is 154 cm³/mol.